The molecule has 1 aromatic rings. The number of nitrogens with zero attached hydrogens (tertiary/aromatic N) is 1. The van der Waals surface area contributed by atoms with Crippen LogP contribution < -0.4 is 11.1 Å². The Labute approximate surface area is 158 Å². The van der Waals surface area contributed by atoms with Crippen molar-refractivity contribution in [2.45, 2.75) is 51.1 Å². The number of likely N-dealkylation sites (tertiary alicyclic amines) is 1. The van der Waals surface area contributed by atoms with Crippen LogP contribution in [0.3, 0.4) is 0 Å². The lowest BCUT2D eigenvalue weighted by molar-refractivity contribution is -0.125. The Bertz CT molecular complexity index is 712. The lowest BCUT2D eigenvalue weighted by Crippen LogP contribution is -2.50. The summed E-state index contributed by atoms with van der Waals surface area (Å²) in [5.41, 5.74) is 5.41. The van der Waals surface area contributed by atoms with Gasteiger partial charge in [-0.1, -0.05) is 19.8 Å². The summed E-state index contributed by atoms with van der Waals surface area (Å²) in [6.07, 6.45) is 4.41. The van der Waals surface area contributed by atoms with Gasteiger partial charge in [-0.05, 0) is 49.8 Å². The number of carbonyl (C=O) groups is 2. The van der Waals surface area contributed by atoms with E-state index < -0.39 is 23.6 Å². The molecule has 4 atom stereocenters. The molecule has 2 fully saturated rings. The number of carbonyl (C=O) groups excluding carboxylic acids is 2. The van der Waals surface area contributed by atoms with E-state index in [9.17, 15) is 18.4 Å². The Kier molecular flexibility index (Phi) is 6.09. The van der Waals surface area contributed by atoms with E-state index in [4.69, 9.17) is 5.73 Å². The Morgan fingerprint density at radius 2 is 2.04 bits per heavy atom. The summed E-state index contributed by atoms with van der Waals surface area (Å²) >= 11 is 0. The topological polar surface area (TPSA) is 75.4 Å². The number of nitrogens with two attached hydrogens (primary N) is 1. The van der Waals surface area contributed by atoms with Gasteiger partial charge in [0.15, 0.2) is 0 Å². The van der Waals surface area contributed by atoms with Crippen molar-refractivity contribution < 1.29 is 18.4 Å². The van der Waals surface area contributed by atoms with Gasteiger partial charge in [-0.2, -0.15) is 0 Å². The lowest BCUT2D eigenvalue weighted by atomic mass is 9.84. The van der Waals surface area contributed by atoms with Gasteiger partial charge in [0.2, 0.25) is 5.91 Å². The highest BCUT2D eigenvalue weighted by molar-refractivity contribution is 5.98. The molecule has 2 aliphatic rings. The van der Waals surface area contributed by atoms with Gasteiger partial charge in [0, 0.05) is 18.7 Å². The third kappa shape index (κ3) is 4.13. The van der Waals surface area contributed by atoms with Gasteiger partial charge in [0.1, 0.15) is 17.7 Å². The number of fused-ring (bicyclic) bond motifs is 1. The first-order chi connectivity index (χ1) is 12.9. The Hall–Kier alpha value is -2.02. The van der Waals surface area contributed by atoms with Crippen LogP contribution in [0.1, 0.15) is 49.4 Å². The smallest absolute Gasteiger partial charge is 0.257 e. The number of hydrogen-bond donors (Lipinski definition) is 2. The fraction of sp³-hybridized carbons (Fsp3) is 0.600. The molecule has 1 aliphatic carbocycles. The van der Waals surface area contributed by atoms with Crippen LogP contribution in [-0.4, -0.2) is 41.9 Å². The van der Waals surface area contributed by atoms with E-state index in [1.165, 1.54) is 0 Å². The maximum atomic E-state index is 14.2. The van der Waals surface area contributed by atoms with Crippen molar-refractivity contribution >= 4 is 11.8 Å². The molecule has 27 heavy (non-hydrogen) atoms. The number of rotatable bonds is 5. The second-order valence-corrected chi connectivity index (χ2v) is 7.79. The minimum absolute atomic E-state index is 0.0709. The maximum Gasteiger partial charge on any atom is 0.257 e. The highest BCUT2D eigenvalue weighted by Crippen LogP contribution is 2.40. The first-order valence-corrected chi connectivity index (χ1v) is 9.67. The lowest BCUT2D eigenvalue weighted by Gasteiger charge is -2.33. The molecule has 7 heteroatoms. The molecular weight excluding hydrogens is 352 g/mol. The number of nitrogens with one attached hydrogen (secondary N) is 1. The fourth-order valence-electron chi connectivity index (χ4n) is 4.26. The van der Waals surface area contributed by atoms with E-state index in [0.29, 0.717) is 25.6 Å². The zero-order chi connectivity index (χ0) is 19.6. The Balaban J connectivity index is 1.85. The monoisotopic (exact) mass is 379 g/mol. The molecule has 4 unspecified atom stereocenters. The van der Waals surface area contributed by atoms with Crippen molar-refractivity contribution in [3.63, 3.8) is 0 Å². The largest absolute Gasteiger partial charge is 0.354 e. The zero-order valence-corrected chi connectivity index (χ0v) is 15.6. The molecule has 5 nitrogen and oxygen atoms in total. The molecule has 3 rings (SSSR count). The van der Waals surface area contributed by atoms with Crippen LogP contribution in [0.4, 0.5) is 8.78 Å². The molecule has 0 spiro atoms. The van der Waals surface area contributed by atoms with Gasteiger partial charge in [-0.25, -0.2) is 8.78 Å². The van der Waals surface area contributed by atoms with Crippen LogP contribution in [-0.2, 0) is 4.79 Å². The third-order valence-electron chi connectivity index (χ3n) is 5.81. The van der Waals surface area contributed by atoms with Gasteiger partial charge >= 0.3 is 0 Å². The van der Waals surface area contributed by atoms with Crippen LogP contribution >= 0.6 is 0 Å². The van der Waals surface area contributed by atoms with Crippen LogP contribution in [0, 0.1) is 23.5 Å². The second-order valence-electron chi connectivity index (χ2n) is 7.79. The number of benzene rings is 1. The average molecular weight is 379 g/mol. The van der Waals surface area contributed by atoms with E-state index in [0.717, 1.165) is 37.8 Å². The summed E-state index contributed by atoms with van der Waals surface area (Å²) in [5.74, 6) is -2.00. The minimum atomic E-state index is -0.893. The summed E-state index contributed by atoms with van der Waals surface area (Å²) in [7, 11) is 0. The molecule has 3 N–H and O–H groups in total. The van der Waals surface area contributed by atoms with Gasteiger partial charge in [0.05, 0.1) is 5.56 Å². The predicted molar refractivity (Wildman–Crippen MR) is 97.9 cm³/mol. The van der Waals surface area contributed by atoms with Gasteiger partial charge in [-0.3, -0.25) is 9.59 Å². The zero-order valence-electron chi connectivity index (χ0n) is 15.6. The molecule has 0 bridgehead atoms. The average Bonchev–Trinajstić information content (AvgIpc) is 3.05. The van der Waals surface area contributed by atoms with E-state index in [-0.39, 0.29) is 29.3 Å². The van der Waals surface area contributed by atoms with Gasteiger partial charge in [0.25, 0.3) is 5.91 Å². The van der Waals surface area contributed by atoms with Crippen LogP contribution in [0.25, 0.3) is 0 Å². The third-order valence-corrected chi connectivity index (χ3v) is 5.81. The van der Waals surface area contributed by atoms with Crippen molar-refractivity contribution in [3.05, 3.63) is 35.4 Å². The standard InChI is InChI=1S/C20H27F2N3O2/c1-12(10-23)11-24-19(26)18-8-13-4-2-3-5-17(13)25(18)20(27)15-7-6-14(21)9-16(15)22/h6-7,9,12-13,17-18H,2-5,8,10-11,23H2,1H3,(H,24,26). The summed E-state index contributed by atoms with van der Waals surface area (Å²) in [6, 6.07) is 2.25. The number of hydrogen-bond acceptors (Lipinski definition) is 3. The second kappa shape index (κ2) is 8.33. The Morgan fingerprint density at radius 1 is 1.30 bits per heavy atom. The molecule has 1 heterocycles. The highest BCUT2D eigenvalue weighted by Gasteiger charge is 2.47. The molecule has 1 saturated heterocycles. The summed E-state index contributed by atoms with van der Waals surface area (Å²) in [5, 5.41) is 2.88. The van der Waals surface area contributed by atoms with Crippen LogP contribution in [0.2, 0.25) is 0 Å². The Morgan fingerprint density at radius 3 is 2.74 bits per heavy atom. The first kappa shape index (κ1) is 19.7. The number of halogens is 2. The van der Waals surface area contributed by atoms with Crippen LogP contribution in [0.15, 0.2) is 18.2 Å². The van der Waals surface area contributed by atoms with Crippen molar-refractivity contribution in [2.24, 2.45) is 17.6 Å². The van der Waals surface area contributed by atoms with E-state index in [1.807, 2.05) is 6.92 Å². The molecule has 0 aromatic heterocycles. The number of amides is 2. The first-order valence-electron chi connectivity index (χ1n) is 9.67. The maximum absolute atomic E-state index is 14.2. The quantitative estimate of drug-likeness (QED) is 0.825. The molecule has 1 aromatic carbocycles. The predicted octanol–water partition coefficient (Wildman–Crippen LogP) is 2.45. The normalized spacial score (nSPS) is 25.8. The molecule has 1 saturated carbocycles. The summed E-state index contributed by atoms with van der Waals surface area (Å²) < 4.78 is 27.4. The van der Waals surface area contributed by atoms with Crippen molar-refractivity contribution in [2.75, 3.05) is 13.1 Å². The molecule has 1 aliphatic heterocycles. The molecule has 2 amide bonds. The minimum Gasteiger partial charge on any atom is -0.354 e. The molecule has 148 valence electrons. The van der Waals surface area contributed by atoms with Crippen molar-refractivity contribution in [3.8, 4) is 0 Å². The van der Waals surface area contributed by atoms with E-state index in [2.05, 4.69) is 5.32 Å². The van der Waals surface area contributed by atoms with Gasteiger partial charge in [-0.15, -0.1) is 0 Å². The van der Waals surface area contributed by atoms with Gasteiger partial charge < -0.3 is 16.0 Å². The molecular formula is C20H27F2N3O2. The fourth-order valence-corrected chi connectivity index (χ4v) is 4.26. The summed E-state index contributed by atoms with van der Waals surface area (Å²) in [6.45, 7) is 2.83. The van der Waals surface area contributed by atoms with Crippen molar-refractivity contribution in [1.82, 2.24) is 10.2 Å². The van der Waals surface area contributed by atoms with E-state index >= 15 is 0 Å². The highest BCUT2D eigenvalue weighted by atomic mass is 19.1. The van der Waals surface area contributed by atoms with E-state index in [1.54, 1.807) is 4.90 Å². The summed E-state index contributed by atoms with van der Waals surface area (Å²) in [4.78, 5) is 27.4. The molecule has 0 radical (unpaired) electrons. The van der Waals surface area contributed by atoms with Crippen LogP contribution in [0.5, 0.6) is 0 Å². The van der Waals surface area contributed by atoms with Crippen molar-refractivity contribution in [1.29, 1.82) is 0 Å². The SMILES string of the molecule is CC(CN)CNC(=O)C1CC2CCCCC2N1C(=O)c1ccc(F)cc1F.